The second-order valence-corrected chi connectivity index (χ2v) is 7.37. The van der Waals surface area contributed by atoms with Gasteiger partial charge in [0, 0.05) is 11.8 Å². The fourth-order valence-corrected chi connectivity index (χ4v) is 3.92. The molecule has 5 atom stereocenters. The van der Waals surface area contributed by atoms with Crippen LogP contribution in [-0.2, 0) is 15.8 Å². The summed E-state index contributed by atoms with van der Waals surface area (Å²) in [6.07, 6.45) is -2.37. The minimum Gasteiger partial charge on any atom is -0.481 e. The van der Waals surface area contributed by atoms with E-state index >= 15 is 0 Å². The zero-order chi connectivity index (χ0) is 21.2. The van der Waals surface area contributed by atoms with E-state index in [9.17, 15) is 28.2 Å². The van der Waals surface area contributed by atoms with Gasteiger partial charge in [-0.1, -0.05) is 29.4 Å². The van der Waals surface area contributed by atoms with Crippen LogP contribution >= 0.6 is 0 Å². The fraction of sp³-hybridized carbons (Fsp3) is 0.500. The van der Waals surface area contributed by atoms with Crippen molar-refractivity contribution in [2.75, 3.05) is 6.61 Å². The van der Waals surface area contributed by atoms with Crippen molar-refractivity contribution < 1.29 is 38.1 Å². The molecule has 2 fully saturated rings. The Morgan fingerprint density at radius 1 is 1.38 bits per heavy atom. The zero-order valence-corrected chi connectivity index (χ0v) is 15.4. The first-order valence-electron chi connectivity index (χ1n) is 9.29. The minimum absolute atomic E-state index is 0.0225. The van der Waals surface area contributed by atoms with Crippen molar-refractivity contribution in [3.05, 3.63) is 47.5 Å². The first kappa shape index (κ1) is 21.3. The number of carboxylic acid groups (broad SMARTS) is 1. The number of halogens is 3. The minimum atomic E-state index is -4.48. The Morgan fingerprint density at radius 3 is 2.83 bits per heavy atom. The van der Waals surface area contributed by atoms with Gasteiger partial charge < -0.3 is 20.2 Å². The number of oxime groups is 1. The largest absolute Gasteiger partial charge is 0.481 e. The molecule has 0 aliphatic heterocycles. The maximum absolute atomic E-state index is 12.8. The Balaban J connectivity index is 1.59. The van der Waals surface area contributed by atoms with Gasteiger partial charge in [-0.2, -0.15) is 13.2 Å². The third-order valence-electron chi connectivity index (χ3n) is 5.48. The van der Waals surface area contributed by atoms with E-state index in [1.54, 1.807) is 6.08 Å². The molecule has 158 valence electrons. The van der Waals surface area contributed by atoms with Gasteiger partial charge in [0.05, 0.1) is 29.9 Å². The molecule has 9 heteroatoms. The van der Waals surface area contributed by atoms with Crippen LogP contribution in [0.3, 0.4) is 0 Å². The fourth-order valence-electron chi connectivity index (χ4n) is 3.92. The van der Waals surface area contributed by atoms with E-state index in [-0.39, 0.29) is 36.3 Å². The third kappa shape index (κ3) is 4.97. The van der Waals surface area contributed by atoms with Gasteiger partial charge in [-0.25, -0.2) is 0 Å². The Hall–Kier alpha value is -2.39. The number of hydrogen-bond donors (Lipinski definition) is 3. The van der Waals surface area contributed by atoms with Crippen molar-refractivity contribution in [3.8, 4) is 0 Å². The number of rotatable bonds is 7. The van der Waals surface area contributed by atoms with Gasteiger partial charge in [-0.15, -0.1) is 0 Å². The Kier molecular flexibility index (Phi) is 6.28. The number of nitrogens with zero attached hydrogens (tertiary/aromatic N) is 1. The molecule has 3 rings (SSSR count). The molecule has 6 nitrogen and oxygen atoms in total. The molecule has 2 aliphatic rings. The molecule has 29 heavy (non-hydrogen) atoms. The summed E-state index contributed by atoms with van der Waals surface area (Å²) < 4.78 is 38.5. The van der Waals surface area contributed by atoms with Crippen LogP contribution in [0.25, 0.3) is 0 Å². The van der Waals surface area contributed by atoms with Crippen molar-refractivity contribution in [2.24, 2.45) is 22.9 Å². The lowest BCUT2D eigenvalue weighted by Gasteiger charge is -2.34. The monoisotopic (exact) mass is 413 g/mol. The lowest BCUT2D eigenvalue weighted by atomic mass is 9.71. The number of alkyl halides is 3. The lowest BCUT2D eigenvalue weighted by molar-refractivity contribution is -0.138. The first-order valence-corrected chi connectivity index (χ1v) is 9.29. The average Bonchev–Trinajstić information content (AvgIpc) is 2.89. The van der Waals surface area contributed by atoms with Crippen LogP contribution in [-0.4, -0.2) is 39.7 Å². The number of hydrogen-bond acceptors (Lipinski definition) is 5. The molecule has 0 heterocycles. The maximum atomic E-state index is 12.8. The SMILES string of the molecule is O=C(O)CCON=C1C[C@H]2C(C=CC(O)c3cccc(C(F)(F)F)c3)C(O)C[C@H]12. The standard InChI is InChI=1S/C20H22F3NO5/c21-20(22,23)12-3-1-2-11(8-12)17(25)5-4-13-14-9-16(15(14)10-18(13)26)24-29-7-6-19(27)28/h1-5,8,13-15,17-18,25-26H,6-7,9-10H2,(H,27,28)/t13?,14-,15-,17?,18?/m0/s1. The molecule has 0 saturated heterocycles. The quantitative estimate of drug-likeness (QED) is 0.362. The van der Waals surface area contributed by atoms with Crippen LogP contribution in [0.4, 0.5) is 13.2 Å². The zero-order valence-electron chi connectivity index (χ0n) is 15.4. The lowest BCUT2D eigenvalue weighted by Crippen LogP contribution is -2.36. The Labute approximate surface area is 165 Å². The van der Waals surface area contributed by atoms with Gasteiger partial charge in [0.2, 0.25) is 0 Å². The topological polar surface area (TPSA) is 99.4 Å². The molecular formula is C20H22F3NO5. The second kappa shape index (κ2) is 8.54. The number of carboxylic acids is 1. The highest BCUT2D eigenvalue weighted by molar-refractivity contribution is 5.93. The summed E-state index contributed by atoms with van der Waals surface area (Å²) in [7, 11) is 0. The molecular weight excluding hydrogens is 391 g/mol. The van der Waals surface area contributed by atoms with Crippen molar-refractivity contribution in [2.45, 2.75) is 37.6 Å². The molecule has 0 radical (unpaired) electrons. The molecule has 2 saturated carbocycles. The molecule has 0 bridgehead atoms. The van der Waals surface area contributed by atoms with E-state index in [4.69, 9.17) is 9.94 Å². The van der Waals surface area contributed by atoms with Gasteiger partial charge in [0.15, 0.2) is 0 Å². The van der Waals surface area contributed by atoms with Crippen molar-refractivity contribution in [3.63, 3.8) is 0 Å². The number of aliphatic hydroxyl groups excluding tert-OH is 2. The molecule has 0 spiro atoms. The van der Waals surface area contributed by atoms with Crippen molar-refractivity contribution in [1.29, 1.82) is 0 Å². The maximum Gasteiger partial charge on any atom is 0.416 e. The van der Waals surface area contributed by atoms with Crippen molar-refractivity contribution in [1.82, 2.24) is 0 Å². The molecule has 1 aromatic carbocycles. The van der Waals surface area contributed by atoms with Gasteiger partial charge in [0.1, 0.15) is 6.61 Å². The molecule has 0 amide bonds. The number of aliphatic carboxylic acids is 1. The van der Waals surface area contributed by atoms with E-state index < -0.39 is 29.9 Å². The van der Waals surface area contributed by atoms with E-state index in [1.807, 2.05) is 0 Å². The summed E-state index contributed by atoms with van der Waals surface area (Å²) in [6.45, 7) is -0.0225. The van der Waals surface area contributed by atoms with Crippen LogP contribution in [0.15, 0.2) is 41.6 Å². The third-order valence-corrected chi connectivity index (χ3v) is 5.48. The van der Waals surface area contributed by atoms with E-state index in [2.05, 4.69) is 5.16 Å². The summed E-state index contributed by atoms with van der Waals surface area (Å²) in [5.41, 5.74) is 0.0720. The van der Waals surface area contributed by atoms with Crippen LogP contribution < -0.4 is 0 Å². The molecule has 3 N–H and O–H groups in total. The Bertz CT molecular complexity index is 808. The van der Waals surface area contributed by atoms with Gasteiger partial charge >= 0.3 is 12.1 Å². The van der Waals surface area contributed by atoms with Crippen LogP contribution in [0, 0.1) is 17.8 Å². The number of aliphatic hydroxyl groups is 2. The summed E-state index contributed by atoms with van der Waals surface area (Å²) in [5.74, 6) is -1.08. The van der Waals surface area contributed by atoms with Crippen LogP contribution in [0.1, 0.15) is 36.5 Å². The highest BCUT2D eigenvalue weighted by Gasteiger charge is 2.51. The first-order chi connectivity index (χ1) is 13.7. The highest BCUT2D eigenvalue weighted by Crippen LogP contribution is 2.49. The van der Waals surface area contributed by atoms with E-state index in [1.165, 1.54) is 18.2 Å². The van der Waals surface area contributed by atoms with Gasteiger partial charge in [-0.3, -0.25) is 4.79 Å². The van der Waals surface area contributed by atoms with Crippen molar-refractivity contribution >= 4 is 11.7 Å². The molecule has 0 aromatic heterocycles. The van der Waals surface area contributed by atoms with E-state index in [0.717, 1.165) is 17.8 Å². The summed E-state index contributed by atoms with van der Waals surface area (Å²) >= 11 is 0. The molecule has 1 aromatic rings. The number of fused-ring (bicyclic) bond motifs is 1. The number of carbonyl (C=O) groups is 1. The normalized spacial score (nSPS) is 28.9. The van der Waals surface area contributed by atoms with Gasteiger partial charge in [0.25, 0.3) is 0 Å². The summed E-state index contributed by atoms with van der Waals surface area (Å²) in [5, 5.41) is 33.1. The highest BCUT2D eigenvalue weighted by atomic mass is 19.4. The molecule has 2 aliphatic carbocycles. The average molecular weight is 413 g/mol. The number of benzene rings is 1. The molecule has 3 unspecified atom stereocenters. The van der Waals surface area contributed by atoms with E-state index in [0.29, 0.717) is 12.8 Å². The smallest absolute Gasteiger partial charge is 0.416 e. The second-order valence-electron chi connectivity index (χ2n) is 7.37. The van der Waals surface area contributed by atoms with Crippen LogP contribution in [0.2, 0.25) is 0 Å². The predicted octanol–water partition coefficient (Wildman–Crippen LogP) is 3.16. The van der Waals surface area contributed by atoms with Crippen LogP contribution in [0.5, 0.6) is 0 Å². The Morgan fingerprint density at radius 2 is 2.14 bits per heavy atom. The predicted molar refractivity (Wildman–Crippen MR) is 96.9 cm³/mol. The summed E-state index contributed by atoms with van der Waals surface area (Å²) in [6, 6.07) is 4.51. The summed E-state index contributed by atoms with van der Waals surface area (Å²) in [4.78, 5) is 15.4. The van der Waals surface area contributed by atoms with Gasteiger partial charge in [-0.05, 0) is 36.5 Å².